The Labute approximate surface area is 192 Å². The fraction of sp³-hybridized carbons (Fsp3) is 0.320. The Bertz CT molecular complexity index is 1220. The average molecular weight is 444 g/mol. The van der Waals surface area contributed by atoms with Gasteiger partial charge in [0, 0.05) is 36.6 Å². The fourth-order valence-electron chi connectivity index (χ4n) is 4.57. The molecule has 0 unspecified atom stereocenters. The van der Waals surface area contributed by atoms with E-state index in [2.05, 4.69) is 44.3 Å². The summed E-state index contributed by atoms with van der Waals surface area (Å²) in [5, 5.41) is 3.20. The van der Waals surface area contributed by atoms with Crippen molar-refractivity contribution in [3.05, 3.63) is 76.9 Å². The monoisotopic (exact) mass is 443 g/mol. The van der Waals surface area contributed by atoms with Gasteiger partial charge < -0.3 is 15.0 Å². The number of likely N-dealkylation sites (N-methyl/N-ethyl adjacent to an activating group) is 1. The number of ether oxygens (including phenoxy) is 1. The van der Waals surface area contributed by atoms with Gasteiger partial charge in [-0.05, 0) is 62.2 Å². The third kappa shape index (κ3) is 4.09. The molecule has 1 fully saturated rings. The number of fused-ring (bicyclic) bond motifs is 2. The number of carbonyl (C=O) groups excluding carboxylic acids is 2. The van der Waals surface area contributed by atoms with Crippen LogP contribution >= 0.6 is 0 Å². The molecule has 0 bridgehead atoms. The minimum atomic E-state index is -0.644. The predicted molar refractivity (Wildman–Crippen MR) is 123 cm³/mol. The lowest BCUT2D eigenvalue weighted by atomic mass is 9.87. The van der Waals surface area contributed by atoms with Crippen molar-refractivity contribution in [2.75, 3.05) is 25.5 Å². The first-order chi connectivity index (χ1) is 16.0. The van der Waals surface area contributed by atoms with Gasteiger partial charge >= 0.3 is 5.97 Å². The number of benzene rings is 1. The minimum absolute atomic E-state index is 0.0146. The number of ketones is 1. The van der Waals surface area contributed by atoms with Gasteiger partial charge in [-0.25, -0.2) is 14.8 Å². The van der Waals surface area contributed by atoms with E-state index in [0.29, 0.717) is 5.41 Å². The summed E-state index contributed by atoms with van der Waals surface area (Å²) in [6.07, 6.45) is 5.31. The van der Waals surface area contributed by atoms with Crippen molar-refractivity contribution < 1.29 is 14.3 Å². The standard InChI is InChI=1S/C25H25N5O3/c1-3-33-23(32)18-13-27-24(29-21(18)22(31)20-6-4-5-11-26-20)28-17-7-8-19-16(12-17)14-30(2)15-25(19)9-10-25/h4-8,11-13H,3,9-10,14-15H2,1-2H3,(H,27,28,29). The molecule has 0 radical (unpaired) electrons. The van der Waals surface area contributed by atoms with Crippen LogP contribution in [0.1, 0.15) is 57.4 Å². The molecule has 1 aliphatic heterocycles. The summed E-state index contributed by atoms with van der Waals surface area (Å²) in [5.41, 5.74) is 4.02. The van der Waals surface area contributed by atoms with Crippen LogP contribution in [0.3, 0.4) is 0 Å². The first-order valence-corrected chi connectivity index (χ1v) is 11.1. The normalized spacial score (nSPS) is 16.2. The summed E-state index contributed by atoms with van der Waals surface area (Å²) in [7, 11) is 2.15. The molecule has 2 aliphatic rings. The lowest BCUT2D eigenvalue weighted by Gasteiger charge is -2.32. The SMILES string of the molecule is CCOC(=O)c1cnc(Nc2ccc3c(c2)CN(C)CC32CC2)nc1C(=O)c1ccccn1. The summed E-state index contributed by atoms with van der Waals surface area (Å²) in [6, 6.07) is 11.3. The van der Waals surface area contributed by atoms with Gasteiger partial charge in [0.15, 0.2) is 0 Å². The van der Waals surface area contributed by atoms with E-state index in [4.69, 9.17) is 4.74 Å². The van der Waals surface area contributed by atoms with Crippen molar-refractivity contribution in [1.29, 1.82) is 0 Å². The van der Waals surface area contributed by atoms with Crippen LogP contribution < -0.4 is 5.32 Å². The zero-order valence-electron chi connectivity index (χ0n) is 18.7. The topological polar surface area (TPSA) is 97.3 Å². The Hall–Kier alpha value is -3.65. The van der Waals surface area contributed by atoms with Crippen molar-refractivity contribution in [2.24, 2.45) is 0 Å². The number of carbonyl (C=O) groups is 2. The third-order valence-corrected chi connectivity index (χ3v) is 6.20. The summed E-state index contributed by atoms with van der Waals surface area (Å²) in [5.74, 6) is -0.880. The van der Waals surface area contributed by atoms with Gasteiger partial charge in [0.25, 0.3) is 0 Å². The number of rotatable bonds is 6. The highest BCUT2D eigenvalue weighted by Gasteiger charge is 2.48. The van der Waals surface area contributed by atoms with Gasteiger partial charge in [-0.1, -0.05) is 12.1 Å². The van der Waals surface area contributed by atoms with Crippen molar-refractivity contribution in [3.8, 4) is 0 Å². The maximum Gasteiger partial charge on any atom is 0.342 e. The van der Waals surface area contributed by atoms with Gasteiger partial charge in [0.1, 0.15) is 17.0 Å². The van der Waals surface area contributed by atoms with Crippen molar-refractivity contribution in [3.63, 3.8) is 0 Å². The second kappa shape index (κ2) is 8.37. The second-order valence-corrected chi connectivity index (χ2v) is 8.67. The van der Waals surface area contributed by atoms with Crippen molar-refractivity contribution in [2.45, 2.75) is 31.7 Å². The summed E-state index contributed by atoms with van der Waals surface area (Å²) in [4.78, 5) is 40.6. The number of esters is 1. The number of hydrogen-bond donors (Lipinski definition) is 1. The summed E-state index contributed by atoms with van der Waals surface area (Å²) < 4.78 is 5.09. The molecule has 3 heterocycles. The number of hydrogen-bond acceptors (Lipinski definition) is 8. The van der Waals surface area contributed by atoms with Crippen LogP contribution in [0.5, 0.6) is 0 Å². The van der Waals surface area contributed by atoms with Crippen LogP contribution in [0.4, 0.5) is 11.6 Å². The zero-order chi connectivity index (χ0) is 23.0. The third-order valence-electron chi connectivity index (χ3n) is 6.20. The summed E-state index contributed by atoms with van der Waals surface area (Å²) in [6.45, 7) is 3.87. The number of pyridine rings is 1. The Morgan fingerprint density at radius 1 is 1.18 bits per heavy atom. The van der Waals surface area contributed by atoms with E-state index in [-0.39, 0.29) is 29.5 Å². The largest absolute Gasteiger partial charge is 0.462 e. The van der Waals surface area contributed by atoms with Crippen LogP contribution in [0.25, 0.3) is 0 Å². The molecule has 1 aliphatic carbocycles. The number of nitrogens with zero attached hydrogens (tertiary/aromatic N) is 4. The summed E-state index contributed by atoms with van der Waals surface area (Å²) >= 11 is 0. The highest BCUT2D eigenvalue weighted by molar-refractivity contribution is 6.12. The van der Waals surface area contributed by atoms with Crippen LogP contribution in [0, 0.1) is 0 Å². The van der Waals surface area contributed by atoms with Gasteiger partial charge in [0.05, 0.1) is 6.61 Å². The van der Waals surface area contributed by atoms with Crippen LogP contribution in [-0.4, -0.2) is 51.8 Å². The van der Waals surface area contributed by atoms with E-state index in [9.17, 15) is 9.59 Å². The molecule has 0 atom stereocenters. The fourth-order valence-corrected chi connectivity index (χ4v) is 4.57. The smallest absolute Gasteiger partial charge is 0.342 e. The molecule has 0 amide bonds. The maximum atomic E-state index is 13.1. The Morgan fingerprint density at radius 3 is 2.76 bits per heavy atom. The van der Waals surface area contributed by atoms with Crippen LogP contribution in [-0.2, 0) is 16.7 Å². The van der Waals surface area contributed by atoms with E-state index in [0.717, 1.165) is 18.8 Å². The van der Waals surface area contributed by atoms with Crippen LogP contribution in [0.2, 0.25) is 0 Å². The van der Waals surface area contributed by atoms with Gasteiger partial charge in [0.2, 0.25) is 11.7 Å². The molecule has 1 N–H and O–H groups in total. The Balaban J connectivity index is 1.47. The molecule has 33 heavy (non-hydrogen) atoms. The van der Waals surface area contributed by atoms with E-state index in [1.165, 1.54) is 36.4 Å². The molecule has 8 nitrogen and oxygen atoms in total. The van der Waals surface area contributed by atoms with Crippen LogP contribution in [0.15, 0.2) is 48.8 Å². The average Bonchev–Trinajstić information content (AvgIpc) is 3.58. The van der Waals surface area contributed by atoms with Gasteiger partial charge in [-0.15, -0.1) is 0 Å². The Morgan fingerprint density at radius 2 is 2.03 bits per heavy atom. The lowest BCUT2D eigenvalue weighted by molar-refractivity contribution is 0.0522. The molecule has 1 aromatic carbocycles. The highest BCUT2D eigenvalue weighted by atomic mass is 16.5. The van der Waals surface area contributed by atoms with Gasteiger partial charge in [-0.2, -0.15) is 0 Å². The van der Waals surface area contributed by atoms with E-state index in [1.807, 2.05) is 6.07 Å². The molecular formula is C25H25N5O3. The number of aromatic nitrogens is 3. The first kappa shape index (κ1) is 21.2. The molecule has 1 saturated carbocycles. The second-order valence-electron chi connectivity index (χ2n) is 8.67. The molecule has 5 rings (SSSR count). The van der Waals surface area contributed by atoms with E-state index in [1.54, 1.807) is 25.1 Å². The molecule has 8 heteroatoms. The molecule has 1 spiro atoms. The number of nitrogens with one attached hydrogen (secondary N) is 1. The first-order valence-electron chi connectivity index (χ1n) is 11.1. The highest BCUT2D eigenvalue weighted by Crippen LogP contribution is 2.52. The quantitative estimate of drug-likeness (QED) is 0.457. The molecule has 2 aromatic heterocycles. The van der Waals surface area contributed by atoms with Gasteiger partial charge in [-0.3, -0.25) is 9.78 Å². The van der Waals surface area contributed by atoms with Crippen molar-refractivity contribution >= 4 is 23.4 Å². The predicted octanol–water partition coefficient (Wildman–Crippen LogP) is 3.50. The lowest BCUT2D eigenvalue weighted by Crippen LogP contribution is -2.35. The Kier molecular flexibility index (Phi) is 5.38. The van der Waals surface area contributed by atoms with E-state index < -0.39 is 11.8 Å². The van der Waals surface area contributed by atoms with E-state index >= 15 is 0 Å². The molecular weight excluding hydrogens is 418 g/mol. The maximum absolute atomic E-state index is 13.1. The molecule has 0 saturated heterocycles. The molecule has 3 aromatic rings. The minimum Gasteiger partial charge on any atom is -0.462 e. The number of anilines is 2. The molecule has 168 valence electrons. The zero-order valence-corrected chi connectivity index (χ0v) is 18.7. The van der Waals surface area contributed by atoms with Crippen molar-refractivity contribution in [1.82, 2.24) is 19.9 Å².